The van der Waals surface area contributed by atoms with E-state index < -0.39 is 0 Å². The van der Waals surface area contributed by atoms with Crippen molar-refractivity contribution in [1.82, 2.24) is 4.90 Å². The van der Waals surface area contributed by atoms with E-state index in [0.29, 0.717) is 17.8 Å². The summed E-state index contributed by atoms with van der Waals surface area (Å²) in [6.45, 7) is 0.421. The first-order valence-electron chi connectivity index (χ1n) is 6.06. The molecule has 0 aliphatic carbocycles. The van der Waals surface area contributed by atoms with E-state index in [9.17, 15) is 9.90 Å². The minimum atomic E-state index is -0.199. The normalized spacial score (nSPS) is 10.3. The molecular weight excluding hydrogens is 276 g/mol. The molecule has 2 rings (SSSR count). The topological polar surface area (TPSA) is 66.6 Å². The molecule has 4 nitrogen and oxygen atoms in total. The van der Waals surface area contributed by atoms with Crippen molar-refractivity contribution in [2.24, 2.45) is 0 Å². The zero-order chi connectivity index (χ0) is 14.7. The highest BCUT2D eigenvalue weighted by Gasteiger charge is 2.16. The van der Waals surface area contributed by atoms with E-state index in [1.807, 2.05) is 0 Å². The van der Waals surface area contributed by atoms with E-state index in [1.54, 1.807) is 54.4 Å². The Hall–Kier alpha value is -2.20. The van der Waals surface area contributed by atoms with Gasteiger partial charge in [-0.2, -0.15) is 0 Å². The van der Waals surface area contributed by atoms with E-state index in [0.717, 1.165) is 5.56 Å². The number of rotatable bonds is 3. The summed E-state index contributed by atoms with van der Waals surface area (Å²) >= 11 is 6.05. The minimum Gasteiger partial charge on any atom is -0.508 e. The van der Waals surface area contributed by atoms with Gasteiger partial charge in [-0.15, -0.1) is 0 Å². The fraction of sp³-hybridized carbons (Fsp3) is 0.133. The Morgan fingerprint density at radius 3 is 2.55 bits per heavy atom. The summed E-state index contributed by atoms with van der Waals surface area (Å²) in [7, 11) is 1.69. The van der Waals surface area contributed by atoms with Gasteiger partial charge in [0.2, 0.25) is 0 Å². The molecule has 0 fully saturated rings. The van der Waals surface area contributed by atoms with Gasteiger partial charge in [-0.3, -0.25) is 4.79 Å². The van der Waals surface area contributed by atoms with E-state index in [4.69, 9.17) is 17.3 Å². The first kappa shape index (κ1) is 14.2. The van der Waals surface area contributed by atoms with E-state index in [-0.39, 0.29) is 16.7 Å². The van der Waals surface area contributed by atoms with Gasteiger partial charge in [0.05, 0.1) is 16.3 Å². The predicted molar refractivity (Wildman–Crippen MR) is 79.8 cm³/mol. The number of phenols is 1. The maximum Gasteiger partial charge on any atom is 0.255 e. The van der Waals surface area contributed by atoms with Crippen LogP contribution in [0.2, 0.25) is 5.02 Å². The first-order chi connectivity index (χ1) is 9.49. The SMILES string of the molecule is CN(Cc1ccc(O)cc1)C(=O)c1cccc(N)c1Cl. The number of carbonyl (C=O) groups excluding carboxylic acids is 1. The molecule has 5 heteroatoms. The van der Waals surface area contributed by atoms with Gasteiger partial charge in [-0.05, 0) is 29.8 Å². The molecule has 0 spiro atoms. The molecule has 0 aromatic heterocycles. The van der Waals surface area contributed by atoms with Crippen LogP contribution in [0.5, 0.6) is 5.75 Å². The zero-order valence-electron chi connectivity index (χ0n) is 11.0. The Kier molecular flexibility index (Phi) is 4.15. The maximum absolute atomic E-state index is 12.3. The van der Waals surface area contributed by atoms with Gasteiger partial charge in [-0.1, -0.05) is 29.8 Å². The lowest BCUT2D eigenvalue weighted by Crippen LogP contribution is -2.26. The van der Waals surface area contributed by atoms with Crippen LogP contribution in [0, 0.1) is 0 Å². The standard InChI is InChI=1S/C15H15ClN2O2/c1-18(9-10-5-7-11(19)8-6-10)15(20)12-3-2-4-13(17)14(12)16/h2-8,19H,9,17H2,1H3. The number of amides is 1. The van der Waals surface area contributed by atoms with Crippen LogP contribution < -0.4 is 5.73 Å². The number of benzene rings is 2. The third-order valence-corrected chi connectivity index (χ3v) is 3.38. The monoisotopic (exact) mass is 290 g/mol. The molecule has 104 valence electrons. The molecule has 0 bridgehead atoms. The van der Waals surface area contributed by atoms with Crippen LogP contribution in [-0.2, 0) is 6.54 Å². The number of halogens is 1. The number of nitrogen functional groups attached to an aromatic ring is 1. The van der Waals surface area contributed by atoms with Gasteiger partial charge in [0.1, 0.15) is 5.75 Å². The zero-order valence-corrected chi connectivity index (χ0v) is 11.8. The van der Waals surface area contributed by atoms with Crippen LogP contribution in [0.4, 0.5) is 5.69 Å². The Morgan fingerprint density at radius 1 is 1.25 bits per heavy atom. The third-order valence-electron chi connectivity index (χ3n) is 2.96. The van der Waals surface area contributed by atoms with Crippen LogP contribution in [0.15, 0.2) is 42.5 Å². The highest BCUT2D eigenvalue weighted by molar-refractivity contribution is 6.36. The number of anilines is 1. The van der Waals surface area contributed by atoms with Crippen LogP contribution in [0.25, 0.3) is 0 Å². The minimum absolute atomic E-state index is 0.196. The molecule has 0 radical (unpaired) electrons. The average molecular weight is 291 g/mol. The van der Waals surface area contributed by atoms with Gasteiger partial charge in [-0.25, -0.2) is 0 Å². The second kappa shape index (κ2) is 5.84. The van der Waals surface area contributed by atoms with Crippen molar-refractivity contribution >= 4 is 23.2 Å². The van der Waals surface area contributed by atoms with Gasteiger partial charge in [0.25, 0.3) is 5.91 Å². The van der Waals surface area contributed by atoms with Crippen LogP contribution in [0.1, 0.15) is 15.9 Å². The second-order valence-electron chi connectivity index (χ2n) is 4.54. The fourth-order valence-electron chi connectivity index (χ4n) is 1.87. The van der Waals surface area contributed by atoms with Crippen molar-refractivity contribution in [1.29, 1.82) is 0 Å². The van der Waals surface area contributed by atoms with Gasteiger partial charge >= 0.3 is 0 Å². The highest BCUT2D eigenvalue weighted by Crippen LogP contribution is 2.24. The van der Waals surface area contributed by atoms with Crippen LogP contribution in [-0.4, -0.2) is 23.0 Å². The Balaban J connectivity index is 2.16. The van der Waals surface area contributed by atoms with E-state index in [1.165, 1.54) is 0 Å². The highest BCUT2D eigenvalue weighted by atomic mass is 35.5. The number of aromatic hydroxyl groups is 1. The molecule has 2 aromatic carbocycles. The van der Waals surface area contributed by atoms with Gasteiger partial charge in [0, 0.05) is 13.6 Å². The molecule has 0 aliphatic rings. The number of nitrogens with two attached hydrogens (primary N) is 1. The van der Waals surface area contributed by atoms with Gasteiger partial charge in [0.15, 0.2) is 0 Å². The average Bonchev–Trinajstić information content (AvgIpc) is 2.43. The van der Waals surface area contributed by atoms with Gasteiger partial charge < -0.3 is 15.7 Å². The Labute approximate surface area is 122 Å². The summed E-state index contributed by atoms with van der Waals surface area (Å²) in [5.41, 5.74) is 7.38. The lowest BCUT2D eigenvalue weighted by Gasteiger charge is -2.18. The smallest absolute Gasteiger partial charge is 0.255 e. The van der Waals surface area contributed by atoms with Crippen LogP contribution >= 0.6 is 11.6 Å². The van der Waals surface area contributed by atoms with Crippen molar-refractivity contribution in [3.63, 3.8) is 0 Å². The lowest BCUT2D eigenvalue weighted by atomic mass is 10.1. The molecule has 3 N–H and O–H groups in total. The summed E-state index contributed by atoms with van der Waals surface area (Å²) in [5.74, 6) is -0.00279. The van der Waals surface area contributed by atoms with Crippen molar-refractivity contribution in [3.8, 4) is 5.75 Å². The Bertz CT molecular complexity index is 626. The molecule has 0 aliphatic heterocycles. The summed E-state index contributed by atoms with van der Waals surface area (Å²) in [6, 6.07) is 11.7. The van der Waals surface area contributed by atoms with Crippen molar-refractivity contribution in [3.05, 3.63) is 58.6 Å². The largest absolute Gasteiger partial charge is 0.508 e. The third kappa shape index (κ3) is 3.03. The number of hydrogen-bond acceptors (Lipinski definition) is 3. The second-order valence-corrected chi connectivity index (χ2v) is 4.91. The molecule has 0 saturated heterocycles. The molecular formula is C15H15ClN2O2. The van der Waals surface area contributed by atoms with Crippen molar-refractivity contribution in [2.75, 3.05) is 12.8 Å². The van der Waals surface area contributed by atoms with E-state index >= 15 is 0 Å². The summed E-state index contributed by atoms with van der Waals surface area (Å²) in [4.78, 5) is 13.9. The number of nitrogens with zero attached hydrogens (tertiary/aromatic N) is 1. The molecule has 1 amide bonds. The molecule has 0 heterocycles. The number of hydrogen-bond donors (Lipinski definition) is 2. The molecule has 2 aromatic rings. The molecule has 0 saturated carbocycles. The molecule has 0 atom stereocenters. The molecule has 20 heavy (non-hydrogen) atoms. The quantitative estimate of drug-likeness (QED) is 0.854. The van der Waals surface area contributed by atoms with Crippen molar-refractivity contribution < 1.29 is 9.90 Å². The summed E-state index contributed by atoms with van der Waals surface area (Å²) < 4.78 is 0. The van der Waals surface area contributed by atoms with Crippen molar-refractivity contribution in [2.45, 2.75) is 6.54 Å². The number of phenolic OH excluding ortho intramolecular Hbond substituents is 1. The van der Waals surface area contributed by atoms with Crippen LogP contribution in [0.3, 0.4) is 0 Å². The summed E-state index contributed by atoms with van der Waals surface area (Å²) in [5, 5.41) is 9.51. The lowest BCUT2D eigenvalue weighted by molar-refractivity contribution is 0.0785. The maximum atomic E-state index is 12.3. The van der Waals surface area contributed by atoms with E-state index in [2.05, 4.69) is 0 Å². The predicted octanol–water partition coefficient (Wildman–Crippen LogP) is 2.90. The number of carbonyl (C=O) groups is 1. The summed E-state index contributed by atoms with van der Waals surface area (Å²) in [6.07, 6.45) is 0. The Morgan fingerprint density at radius 2 is 1.90 bits per heavy atom. The first-order valence-corrected chi connectivity index (χ1v) is 6.44. The fourth-order valence-corrected chi connectivity index (χ4v) is 2.07. The molecule has 0 unspecified atom stereocenters.